The molecule has 3 aromatic rings. The van der Waals surface area contributed by atoms with Gasteiger partial charge in [0.1, 0.15) is 0 Å². The van der Waals surface area contributed by atoms with E-state index in [1.807, 2.05) is 65.3 Å². The van der Waals surface area contributed by atoms with Gasteiger partial charge in [0.25, 0.3) is 0 Å². The van der Waals surface area contributed by atoms with E-state index in [9.17, 15) is 10.00 Å². The Morgan fingerprint density at radius 3 is 2.58 bits per heavy atom. The minimum Gasteiger partial charge on any atom is -0.642 e. The van der Waals surface area contributed by atoms with Crippen LogP contribution in [0.4, 0.5) is 5.69 Å². The number of hydrogen-bond donors (Lipinski definition) is 1. The van der Waals surface area contributed by atoms with Gasteiger partial charge in [-0.3, -0.25) is 0 Å². The van der Waals surface area contributed by atoms with Crippen molar-refractivity contribution in [2.45, 2.75) is 18.9 Å². The Morgan fingerprint density at radius 2 is 1.73 bits per heavy atom. The maximum Gasteiger partial charge on any atom is 0.179 e. The van der Waals surface area contributed by atoms with Crippen molar-refractivity contribution in [1.29, 1.82) is 0 Å². The number of anilines is 1. The molecule has 3 aromatic carbocycles. The number of nitrogens with zero attached hydrogens (tertiary/aromatic N) is 2. The number of fused-ring (bicyclic) bond motifs is 2. The standard InChI is InChI=1S/C21H21N2O2P/c24-20-13-12-16-7-4-5-11-19(16)21(20)26(25)22-14-6-10-18(22)15-23(26)17-8-2-1-3-9-17/h1-5,7-9,11-13,18,24H,6,10,14-15H2/t18-,26?/m0/s1. The van der Waals surface area contributed by atoms with Crippen LogP contribution in [0.2, 0.25) is 0 Å². The minimum atomic E-state index is -3.12. The number of aromatic hydroxyl groups is 1. The maximum absolute atomic E-state index is 14.7. The van der Waals surface area contributed by atoms with Crippen molar-refractivity contribution in [2.75, 3.05) is 17.8 Å². The van der Waals surface area contributed by atoms with E-state index in [-0.39, 0.29) is 11.8 Å². The van der Waals surface area contributed by atoms with Crippen molar-refractivity contribution in [2.24, 2.45) is 0 Å². The average molecular weight is 364 g/mol. The van der Waals surface area contributed by atoms with E-state index in [1.54, 1.807) is 6.07 Å². The van der Waals surface area contributed by atoms with E-state index >= 15 is 0 Å². The van der Waals surface area contributed by atoms with Crippen molar-refractivity contribution < 1.29 is 10.00 Å². The molecule has 5 rings (SSSR count). The fourth-order valence-corrected chi connectivity index (χ4v) is 8.04. The van der Waals surface area contributed by atoms with Crippen LogP contribution in [0, 0.1) is 0 Å². The van der Waals surface area contributed by atoms with Crippen molar-refractivity contribution in [3.05, 3.63) is 66.7 Å². The van der Waals surface area contributed by atoms with Gasteiger partial charge in [-0.1, -0.05) is 48.5 Å². The van der Waals surface area contributed by atoms with Gasteiger partial charge in [-0.15, -0.1) is 0 Å². The molecule has 2 fully saturated rings. The summed E-state index contributed by atoms with van der Waals surface area (Å²) in [6, 6.07) is 21.7. The third-order valence-corrected chi connectivity index (χ3v) is 8.95. The Labute approximate surface area is 153 Å². The van der Waals surface area contributed by atoms with Gasteiger partial charge in [-0.25, -0.2) is 4.67 Å². The lowest BCUT2D eigenvalue weighted by molar-refractivity contribution is -0.176. The lowest BCUT2D eigenvalue weighted by atomic mass is 10.1. The summed E-state index contributed by atoms with van der Waals surface area (Å²) in [6.07, 6.45) is 2.11. The summed E-state index contributed by atoms with van der Waals surface area (Å²) in [5.74, 6) is 0.125. The van der Waals surface area contributed by atoms with Gasteiger partial charge < -0.3 is 10.00 Å². The molecule has 2 aliphatic rings. The summed E-state index contributed by atoms with van der Waals surface area (Å²) >= 11 is 0. The molecule has 0 aromatic heterocycles. The SMILES string of the molecule is [O-][P+]1(c2c(O)ccc3ccccc23)N(c2ccccc2)C[C@@H]2CCCN21. The van der Waals surface area contributed by atoms with Crippen LogP contribution in [0.1, 0.15) is 12.8 Å². The van der Waals surface area contributed by atoms with Gasteiger partial charge in [0.05, 0.1) is 18.3 Å². The molecule has 1 N–H and O–H groups in total. The van der Waals surface area contributed by atoms with E-state index in [4.69, 9.17) is 0 Å². The fraction of sp³-hybridized carbons (Fsp3) is 0.238. The number of para-hydroxylation sites is 1. The third-order valence-electron chi connectivity index (χ3n) is 5.63. The van der Waals surface area contributed by atoms with E-state index < -0.39 is 7.79 Å². The second-order valence-electron chi connectivity index (χ2n) is 7.08. The number of benzene rings is 3. The summed E-state index contributed by atoms with van der Waals surface area (Å²) in [4.78, 5) is 14.7. The van der Waals surface area contributed by atoms with E-state index in [0.717, 1.165) is 42.4 Å². The number of hydrogen-bond acceptors (Lipinski definition) is 4. The minimum absolute atomic E-state index is 0.125. The molecule has 0 bridgehead atoms. The topological polar surface area (TPSA) is 49.8 Å². The van der Waals surface area contributed by atoms with Gasteiger partial charge in [0.15, 0.2) is 18.8 Å². The smallest absolute Gasteiger partial charge is 0.179 e. The maximum atomic E-state index is 14.7. The largest absolute Gasteiger partial charge is 0.642 e. The lowest BCUT2D eigenvalue weighted by Gasteiger charge is -2.40. The fourth-order valence-electron chi connectivity index (χ4n) is 4.47. The highest BCUT2D eigenvalue weighted by atomic mass is 31.2. The molecule has 2 aliphatic heterocycles. The highest BCUT2D eigenvalue weighted by Crippen LogP contribution is 2.66. The molecule has 0 spiro atoms. The molecule has 1 unspecified atom stereocenters. The number of phenolic OH excluding ortho intramolecular Hbond substituents is 1. The van der Waals surface area contributed by atoms with Gasteiger partial charge in [0.2, 0.25) is 0 Å². The molecule has 5 heteroatoms. The van der Waals surface area contributed by atoms with Crippen LogP contribution >= 0.6 is 7.79 Å². The summed E-state index contributed by atoms with van der Waals surface area (Å²) in [6.45, 7) is 1.55. The van der Waals surface area contributed by atoms with Crippen LogP contribution in [0.3, 0.4) is 0 Å². The lowest BCUT2D eigenvalue weighted by Crippen LogP contribution is -2.41. The molecule has 2 heterocycles. The molecule has 2 saturated heterocycles. The molecule has 132 valence electrons. The molecular formula is C21H21N2O2P. The van der Waals surface area contributed by atoms with Gasteiger partial charge in [-0.05, 0) is 36.4 Å². The average Bonchev–Trinajstić information content (AvgIpc) is 3.24. The van der Waals surface area contributed by atoms with E-state index in [0.29, 0.717) is 5.30 Å². The first kappa shape index (κ1) is 16.1. The van der Waals surface area contributed by atoms with Gasteiger partial charge in [0, 0.05) is 11.9 Å². The van der Waals surface area contributed by atoms with Crippen LogP contribution in [-0.2, 0) is 0 Å². The van der Waals surface area contributed by atoms with Crippen LogP contribution < -0.4 is 14.9 Å². The Balaban J connectivity index is 1.78. The zero-order valence-corrected chi connectivity index (χ0v) is 15.3. The second kappa shape index (κ2) is 5.95. The van der Waals surface area contributed by atoms with Crippen molar-refractivity contribution in [3.8, 4) is 5.75 Å². The summed E-state index contributed by atoms with van der Waals surface area (Å²) in [5, 5.41) is 13.3. The van der Waals surface area contributed by atoms with E-state index in [1.165, 1.54) is 0 Å². The first-order valence-electron chi connectivity index (χ1n) is 9.11. The Kier molecular flexibility index (Phi) is 3.68. The zero-order valence-electron chi connectivity index (χ0n) is 14.5. The number of phenols is 1. The highest BCUT2D eigenvalue weighted by Gasteiger charge is 2.57. The van der Waals surface area contributed by atoms with Crippen LogP contribution in [0.15, 0.2) is 66.7 Å². The highest BCUT2D eigenvalue weighted by molar-refractivity contribution is 7.76. The molecule has 4 nitrogen and oxygen atoms in total. The van der Waals surface area contributed by atoms with Crippen molar-refractivity contribution in [1.82, 2.24) is 4.67 Å². The molecule has 26 heavy (non-hydrogen) atoms. The first-order valence-corrected chi connectivity index (χ1v) is 10.7. The molecule has 0 amide bonds. The van der Waals surface area contributed by atoms with Crippen LogP contribution in [-0.4, -0.2) is 28.9 Å². The molecule has 2 atom stereocenters. The molecule has 0 radical (unpaired) electrons. The summed E-state index contributed by atoms with van der Waals surface area (Å²) < 4.78 is 4.19. The summed E-state index contributed by atoms with van der Waals surface area (Å²) in [5.41, 5.74) is 0.956. The van der Waals surface area contributed by atoms with E-state index in [2.05, 4.69) is 4.67 Å². The van der Waals surface area contributed by atoms with Gasteiger partial charge in [-0.2, -0.15) is 4.67 Å². The van der Waals surface area contributed by atoms with Gasteiger partial charge >= 0.3 is 0 Å². The second-order valence-corrected chi connectivity index (χ2v) is 9.61. The molecule has 0 aliphatic carbocycles. The van der Waals surface area contributed by atoms with Crippen molar-refractivity contribution >= 4 is 29.6 Å². The Bertz CT molecular complexity index is 965. The Morgan fingerprint density at radius 1 is 0.962 bits per heavy atom. The normalized spacial score (nSPS) is 25.7. The predicted octanol–water partition coefficient (Wildman–Crippen LogP) is 3.28. The summed E-state index contributed by atoms with van der Waals surface area (Å²) in [7, 11) is -3.12. The Hall–Kier alpha value is -2.13. The predicted molar refractivity (Wildman–Crippen MR) is 106 cm³/mol. The third kappa shape index (κ3) is 2.20. The quantitative estimate of drug-likeness (QED) is 0.709. The molecular weight excluding hydrogens is 343 g/mol. The van der Waals surface area contributed by atoms with Crippen LogP contribution in [0.5, 0.6) is 5.75 Å². The zero-order chi connectivity index (χ0) is 17.7. The first-order chi connectivity index (χ1) is 12.7. The van der Waals surface area contributed by atoms with Crippen molar-refractivity contribution in [3.63, 3.8) is 0 Å². The monoisotopic (exact) mass is 364 g/mol. The number of rotatable bonds is 2. The van der Waals surface area contributed by atoms with Crippen LogP contribution in [0.25, 0.3) is 10.8 Å². The molecule has 0 saturated carbocycles.